The Balaban J connectivity index is 2.22. The van der Waals surface area contributed by atoms with Crippen LogP contribution < -0.4 is 5.56 Å². The molecule has 0 bridgehead atoms. The Labute approximate surface area is 155 Å². The van der Waals surface area contributed by atoms with E-state index in [1.165, 1.54) is 12.1 Å². The first kappa shape index (κ1) is 17.5. The third-order valence-electron chi connectivity index (χ3n) is 3.51. The Hall–Kier alpha value is -3.28. The van der Waals surface area contributed by atoms with Crippen LogP contribution in [0.2, 0.25) is 5.02 Å². The lowest BCUT2D eigenvalue weighted by molar-refractivity contribution is -0.384. The van der Waals surface area contributed by atoms with E-state index in [0.29, 0.717) is 10.1 Å². The molecule has 0 atom stereocenters. The lowest BCUT2D eigenvalue weighted by atomic mass is 10.1. The average Bonchev–Trinajstić information content (AvgIpc) is 2.62. The molecule has 1 heterocycles. The smallest absolute Gasteiger partial charge is 0.288 e. The minimum absolute atomic E-state index is 0.0197. The minimum Gasteiger partial charge on any atom is -0.506 e. The molecule has 0 aliphatic rings. The van der Waals surface area contributed by atoms with Gasteiger partial charge >= 0.3 is 0 Å². The summed E-state index contributed by atoms with van der Waals surface area (Å²) in [5, 5.41) is 31.2. The first-order valence-corrected chi connectivity index (χ1v) is 8.29. The van der Waals surface area contributed by atoms with Crippen LogP contribution in [0.15, 0.2) is 47.3 Å². The first-order valence-electron chi connectivity index (χ1n) is 7.10. The van der Waals surface area contributed by atoms with Crippen LogP contribution in [-0.4, -0.2) is 15.0 Å². The second-order valence-electron chi connectivity index (χ2n) is 5.08. The molecule has 3 rings (SSSR count). The summed E-state index contributed by atoms with van der Waals surface area (Å²) in [6, 6.07) is 12.2. The molecule has 0 saturated carbocycles. The Bertz CT molecular complexity index is 1180. The van der Waals surface area contributed by atoms with Gasteiger partial charge < -0.3 is 5.11 Å². The predicted octanol–water partition coefficient (Wildman–Crippen LogP) is 4.17. The average molecular weight is 386 g/mol. The largest absolute Gasteiger partial charge is 0.506 e. The molecule has 26 heavy (non-hydrogen) atoms. The van der Waals surface area contributed by atoms with Crippen LogP contribution in [0.4, 0.5) is 5.69 Å². The number of aromatic nitrogens is 1. The molecular weight excluding hydrogens is 378 g/mol. The van der Waals surface area contributed by atoms with Crippen molar-refractivity contribution in [2.75, 3.05) is 0 Å². The van der Waals surface area contributed by atoms with Crippen LogP contribution in [0, 0.1) is 21.4 Å². The van der Waals surface area contributed by atoms with Gasteiger partial charge in [-0.15, -0.1) is 11.3 Å². The van der Waals surface area contributed by atoms with E-state index in [2.05, 4.69) is 4.98 Å². The lowest BCUT2D eigenvalue weighted by Gasteiger charge is -2.05. The van der Waals surface area contributed by atoms with Gasteiger partial charge in [-0.2, -0.15) is 10.2 Å². The zero-order chi connectivity index (χ0) is 18.8. The van der Waals surface area contributed by atoms with Gasteiger partial charge in [0, 0.05) is 16.3 Å². The summed E-state index contributed by atoms with van der Waals surface area (Å²) >= 11 is 6.82. The molecule has 7 nitrogen and oxygen atoms in total. The molecule has 1 aromatic heterocycles. The van der Waals surface area contributed by atoms with Gasteiger partial charge in [-0.3, -0.25) is 14.9 Å². The van der Waals surface area contributed by atoms with Gasteiger partial charge in [-0.05, 0) is 24.3 Å². The number of allylic oxidation sites excluding steroid dienone is 1. The molecule has 0 radical (unpaired) electrons. The van der Waals surface area contributed by atoms with Gasteiger partial charge in [-0.25, -0.2) is 0 Å². The highest BCUT2D eigenvalue weighted by Gasteiger charge is 2.19. The van der Waals surface area contributed by atoms with Crippen molar-refractivity contribution in [2.24, 2.45) is 0 Å². The van der Waals surface area contributed by atoms with Gasteiger partial charge in [0.25, 0.3) is 11.2 Å². The fraction of sp³-hybridized carbons (Fsp3) is 0. The summed E-state index contributed by atoms with van der Waals surface area (Å²) in [6.45, 7) is 0. The quantitative estimate of drug-likeness (QED) is 0.313. The SMILES string of the molecule is N#CC(=C(O)c1ccc(Cl)c([N+](=O)[O-])c1)c1nc(=O)c2ccccc2s1. The predicted molar refractivity (Wildman–Crippen MR) is 99.1 cm³/mol. The van der Waals surface area contributed by atoms with Crippen molar-refractivity contribution in [1.29, 1.82) is 5.26 Å². The molecule has 2 aromatic carbocycles. The van der Waals surface area contributed by atoms with Crippen LogP contribution in [0.1, 0.15) is 10.6 Å². The van der Waals surface area contributed by atoms with Gasteiger partial charge in [0.1, 0.15) is 27.4 Å². The minimum atomic E-state index is -0.697. The van der Waals surface area contributed by atoms with E-state index < -0.39 is 21.9 Å². The maximum Gasteiger partial charge on any atom is 0.288 e. The molecule has 0 unspecified atom stereocenters. The van der Waals surface area contributed by atoms with Crippen molar-refractivity contribution in [1.82, 2.24) is 4.98 Å². The Morgan fingerprint density at radius 2 is 2.04 bits per heavy atom. The zero-order valence-corrected chi connectivity index (χ0v) is 14.4. The molecule has 128 valence electrons. The topological polar surface area (TPSA) is 117 Å². The number of aliphatic hydroxyl groups is 1. The fourth-order valence-corrected chi connectivity index (χ4v) is 3.44. The normalized spacial score (nSPS) is 11.7. The number of nitro benzene ring substituents is 1. The number of halogens is 1. The van der Waals surface area contributed by atoms with E-state index in [-0.39, 0.29) is 21.2 Å². The highest BCUT2D eigenvalue weighted by Crippen LogP contribution is 2.31. The third-order valence-corrected chi connectivity index (χ3v) is 4.89. The Kier molecular flexibility index (Phi) is 4.67. The van der Waals surface area contributed by atoms with Crippen molar-refractivity contribution in [2.45, 2.75) is 0 Å². The summed E-state index contributed by atoms with van der Waals surface area (Å²) in [6.07, 6.45) is 0. The number of nitro groups is 1. The second-order valence-corrected chi connectivity index (χ2v) is 6.52. The van der Waals surface area contributed by atoms with Crippen LogP contribution in [0.25, 0.3) is 21.4 Å². The maximum atomic E-state index is 12.1. The molecule has 1 N–H and O–H groups in total. The number of nitriles is 1. The van der Waals surface area contributed by atoms with Gasteiger partial charge in [0.15, 0.2) is 0 Å². The van der Waals surface area contributed by atoms with Crippen molar-refractivity contribution in [3.8, 4) is 6.07 Å². The third kappa shape index (κ3) is 3.13. The maximum absolute atomic E-state index is 12.1. The van der Waals surface area contributed by atoms with Crippen molar-refractivity contribution in [3.63, 3.8) is 0 Å². The van der Waals surface area contributed by atoms with E-state index in [9.17, 15) is 25.3 Å². The summed E-state index contributed by atoms with van der Waals surface area (Å²) in [5.74, 6) is -0.523. The number of hydrogen-bond acceptors (Lipinski definition) is 7. The molecule has 0 saturated heterocycles. The van der Waals surface area contributed by atoms with Crippen LogP contribution >= 0.6 is 22.9 Å². The van der Waals surface area contributed by atoms with Gasteiger partial charge in [0.05, 0.1) is 10.3 Å². The van der Waals surface area contributed by atoms with Crippen LogP contribution in [0.3, 0.4) is 0 Å². The number of benzene rings is 2. The number of hydrogen-bond donors (Lipinski definition) is 1. The van der Waals surface area contributed by atoms with E-state index in [0.717, 1.165) is 17.4 Å². The van der Waals surface area contributed by atoms with Crippen LogP contribution in [-0.2, 0) is 0 Å². The number of rotatable bonds is 3. The van der Waals surface area contributed by atoms with E-state index in [4.69, 9.17) is 11.6 Å². The number of fused-ring (bicyclic) bond motifs is 1. The first-order chi connectivity index (χ1) is 12.4. The Morgan fingerprint density at radius 3 is 2.73 bits per heavy atom. The fourth-order valence-electron chi connectivity index (χ4n) is 2.26. The number of aliphatic hydroxyl groups excluding tert-OH is 1. The van der Waals surface area contributed by atoms with Crippen LogP contribution in [0.5, 0.6) is 0 Å². The lowest BCUT2D eigenvalue weighted by Crippen LogP contribution is -2.07. The molecule has 0 aliphatic carbocycles. The molecule has 3 aromatic rings. The molecule has 0 amide bonds. The van der Waals surface area contributed by atoms with E-state index in [1.807, 2.05) is 6.07 Å². The Morgan fingerprint density at radius 1 is 1.31 bits per heavy atom. The summed E-state index contributed by atoms with van der Waals surface area (Å²) in [7, 11) is 0. The second kappa shape index (κ2) is 6.92. The van der Waals surface area contributed by atoms with Crippen molar-refractivity contribution >= 4 is 50.0 Å². The zero-order valence-electron chi connectivity index (χ0n) is 12.8. The van der Waals surface area contributed by atoms with Crippen molar-refractivity contribution in [3.05, 3.63) is 78.5 Å². The van der Waals surface area contributed by atoms with Gasteiger partial charge in [-0.1, -0.05) is 23.7 Å². The standard InChI is InChI=1S/C17H8ClN3O4S/c18-12-6-5-9(7-13(12)21(24)25)15(22)11(8-19)17-20-16(23)10-3-1-2-4-14(10)26-17/h1-7,22H. The highest BCUT2D eigenvalue weighted by atomic mass is 35.5. The van der Waals surface area contributed by atoms with E-state index in [1.54, 1.807) is 24.3 Å². The highest BCUT2D eigenvalue weighted by molar-refractivity contribution is 7.19. The monoisotopic (exact) mass is 385 g/mol. The molecule has 0 fully saturated rings. The van der Waals surface area contributed by atoms with Crippen molar-refractivity contribution < 1.29 is 10.0 Å². The van der Waals surface area contributed by atoms with E-state index >= 15 is 0 Å². The van der Waals surface area contributed by atoms with Gasteiger partial charge in [0.2, 0.25) is 0 Å². The molecule has 9 heteroatoms. The molecular formula is C17H8ClN3O4S. The summed E-state index contributed by atoms with van der Waals surface area (Å²) < 4.78 is 0.602. The summed E-state index contributed by atoms with van der Waals surface area (Å²) in [4.78, 5) is 26.3. The molecule has 0 aliphatic heterocycles. The summed E-state index contributed by atoms with van der Waals surface area (Å²) in [5.41, 5.74) is -1.17. The molecule has 0 spiro atoms. The number of nitrogens with zero attached hydrogens (tertiary/aromatic N) is 3.